The molecule has 96 valence electrons. The number of nitro groups is 2. The molecule has 0 aliphatic heterocycles. The fraction of sp³-hybridized carbons (Fsp3) is 0.125. The Hall–Kier alpha value is -2.91. The molecule has 10 nitrogen and oxygen atoms in total. The van der Waals surface area contributed by atoms with Crippen molar-refractivity contribution in [2.45, 2.75) is 0 Å². The van der Waals surface area contributed by atoms with Crippen molar-refractivity contribution in [3.05, 3.63) is 31.9 Å². The van der Waals surface area contributed by atoms with Crippen LogP contribution in [0.5, 0.6) is 11.5 Å². The number of hydrogen-bond acceptors (Lipinski definition) is 8. The molecule has 0 bridgehead atoms. The van der Waals surface area contributed by atoms with Crippen LogP contribution in [0.25, 0.3) is 0 Å². The average Bonchev–Trinajstić information content (AvgIpc) is 2.27. The van der Waals surface area contributed by atoms with Crippen molar-refractivity contribution in [3.8, 4) is 11.5 Å². The Balaban J connectivity index is 3.73. The van der Waals surface area contributed by atoms with Crippen molar-refractivity contribution in [2.75, 3.05) is 7.11 Å². The van der Waals surface area contributed by atoms with Gasteiger partial charge >= 0.3 is 17.3 Å². The highest BCUT2D eigenvalue weighted by Crippen LogP contribution is 2.42. The molecule has 1 rings (SSSR count). The highest BCUT2D eigenvalue weighted by atomic mass is 16.6. The zero-order valence-corrected chi connectivity index (χ0v) is 8.82. The maximum absolute atomic E-state index is 11.2. The summed E-state index contributed by atoms with van der Waals surface area (Å²) in [5.41, 5.74) is -3.20. The number of aromatic hydroxyl groups is 2. The third-order valence-electron chi connectivity index (χ3n) is 2.02. The van der Waals surface area contributed by atoms with E-state index in [2.05, 4.69) is 4.74 Å². The number of ether oxygens (including phenoxy) is 1. The van der Waals surface area contributed by atoms with Gasteiger partial charge in [-0.3, -0.25) is 20.2 Å². The van der Waals surface area contributed by atoms with Crippen LogP contribution in [0.2, 0.25) is 0 Å². The maximum Gasteiger partial charge on any atom is 0.346 e. The number of methoxy groups -OCH3 is 1. The maximum atomic E-state index is 11.2. The summed E-state index contributed by atoms with van der Waals surface area (Å²) in [7, 11) is 0.881. The molecule has 0 spiro atoms. The fourth-order valence-corrected chi connectivity index (χ4v) is 1.21. The van der Waals surface area contributed by atoms with Gasteiger partial charge in [0.1, 0.15) is 6.07 Å². The van der Waals surface area contributed by atoms with Gasteiger partial charge < -0.3 is 14.9 Å². The lowest BCUT2D eigenvalue weighted by molar-refractivity contribution is -0.395. The molecule has 0 radical (unpaired) electrons. The van der Waals surface area contributed by atoms with E-state index in [9.17, 15) is 35.2 Å². The molecular weight excluding hydrogens is 252 g/mol. The van der Waals surface area contributed by atoms with E-state index in [1.165, 1.54) is 0 Å². The van der Waals surface area contributed by atoms with Gasteiger partial charge in [0.05, 0.1) is 17.0 Å². The summed E-state index contributed by atoms with van der Waals surface area (Å²) in [5.74, 6) is -3.73. The number of phenols is 2. The molecule has 0 saturated heterocycles. The third-order valence-corrected chi connectivity index (χ3v) is 2.02. The van der Waals surface area contributed by atoms with Gasteiger partial charge in [0.25, 0.3) is 0 Å². The number of benzene rings is 1. The van der Waals surface area contributed by atoms with Crippen LogP contribution in [0.3, 0.4) is 0 Å². The standard InChI is InChI=1S/C8H6N2O8/c1-18-8(13)5-6(11)3(9(14)15)2-4(7(5)12)10(16)17/h2,11-12H,1H3. The number of hydrogen-bond donors (Lipinski definition) is 2. The van der Waals surface area contributed by atoms with E-state index in [-0.39, 0.29) is 0 Å². The number of rotatable bonds is 3. The molecule has 0 saturated carbocycles. The number of phenolic OH excluding ortho intramolecular Hbond substituents is 2. The zero-order chi connectivity index (χ0) is 14.0. The molecule has 0 fully saturated rings. The van der Waals surface area contributed by atoms with E-state index in [1.54, 1.807) is 0 Å². The van der Waals surface area contributed by atoms with Crippen LogP contribution < -0.4 is 0 Å². The largest absolute Gasteiger partial charge is 0.501 e. The van der Waals surface area contributed by atoms with Crippen molar-refractivity contribution >= 4 is 17.3 Å². The highest BCUT2D eigenvalue weighted by molar-refractivity contribution is 5.98. The molecule has 10 heteroatoms. The lowest BCUT2D eigenvalue weighted by Crippen LogP contribution is -2.05. The first-order chi connectivity index (χ1) is 8.31. The summed E-state index contributed by atoms with van der Waals surface area (Å²) in [6.07, 6.45) is 0. The molecule has 18 heavy (non-hydrogen) atoms. The van der Waals surface area contributed by atoms with E-state index in [0.29, 0.717) is 6.07 Å². The first-order valence-corrected chi connectivity index (χ1v) is 4.27. The Morgan fingerprint density at radius 3 is 1.83 bits per heavy atom. The Labute approximate surface area is 98.3 Å². The number of carbonyl (C=O) groups is 1. The van der Waals surface area contributed by atoms with Crippen LogP contribution in [0, 0.1) is 20.2 Å². The molecule has 0 aliphatic carbocycles. The monoisotopic (exact) mass is 258 g/mol. The van der Waals surface area contributed by atoms with Gasteiger partial charge in [-0.25, -0.2) is 4.79 Å². The molecular formula is C8H6N2O8. The van der Waals surface area contributed by atoms with Crippen LogP contribution in [0.4, 0.5) is 11.4 Å². The normalized spacial score (nSPS) is 9.83. The van der Waals surface area contributed by atoms with Crippen LogP contribution in [-0.4, -0.2) is 33.1 Å². The molecule has 2 N–H and O–H groups in total. The lowest BCUT2D eigenvalue weighted by atomic mass is 10.1. The molecule has 0 unspecified atom stereocenters. The Morgan fingerprint density at radius 1 is 1.17 bits per heavy atom. The molecule has 0 aliphatic rings. The topological polar surface area (TPSA) is 153 Å². The summed E-state index contributed by atoms with van der Waals surface area (Å²) in [4.78, 5) is 30.1. The van der Waals surface area contributed by atoms with Gasteiger partial charge in [0.15, 0.2) is 5.56 Å². The van der Waals surface area contributed by atoms with E-state index < -0.39 is 44.3 Å². The Morgan fingerprint density at radius 2 is 1.56 bits per heavy atom. The molecule has 1 aromatic carbocycles. The van der Waals surface area contributed by atoms with Gasteiger partial charge in [0.2, 0.25) is 11.5 Å². The summed E-state index contributed by atoms with van der Waals surface area (Å²) in [6, 6.07) is 0.344. The van der Waals surface area contributed by atoms with E-state index in [4.69, 9.17) is 0 Å². The van der Waals surface area contributed by atoms with Gasteiger partial charge in [-0.1, -0.05) is 0 Å². The number of esters is 1. The van der Waals surface area contributed by atoms with E-state index in [0.717, 1.165) is 7.11 Å². The minimum absolute atomic E-state index is 0.344. The zero-order valence-electron chi connectivity index (χ0n) is 8.82. The van der Waals surface area contributed by atoms with Crippen molar-refractivity contribution < 1.29 is 29.6 Å². The average molecular weight is 258 g/mol. The molecule has 0 amide bonds. The smallest absolute Gasteiger partial charge is 0.346 e. The van der Waals surface area contributed by atoms with E-state index in [1.807, 2.05) is 0 Å². The molecule has 1 aromatic rings. The Kier molecular flexibility index (Phi) is 3.31. The number of nitrogens with zero attached hydrogens (tertiary/aromatic N) is 2. The summed E-state index contributed by atoms with van der Waals surface area (Å²) >= 11 is 0. The van der Waals surface area contributed by atoms with Crippen molar-refractivity contribution in [3.63, 3.8) is 0 Å². The molecule has 0 atom stereocenters. The predicted octanol–water partition coefficient (Wildman–Crippen LogP) is 0.701. The minimum Gasteiger partial charge on any atom is -0.501 e. The summed E-state index contributed by atoms with van der Waals surface area (Å²) in [6.45, 7) is 0. The molecule has 0 heterocycles. The first-order valence-electron chi connectivity index (χ1n) is 4.27. The SMILES string of the molecule is COC(=O)c1c(O)c([N+](=O)[O-])cc([N+](=O)[O-])c1O. The second-order valence-electron chi connectivity index (χ2n) is 2.99. The number of nitro benzene ring substituents is 2. The minimum atomic E-state index is -1.34. The van der Waals surface area contributed by atoms with E-state index >= 15 is 0 Å². The van der Waals surface area contributed by atoms with Crippen molar-refractivity contribution in [1.82, 2.24) is 0 Å². The van der Waals surface area contributed by atoms with Crippen molar-refractivity contribution in [2.24, 2.45) is 0 Å². The summed E-state index contributed by atoms with van der Waals surface area (Å²) in [5, 5.41) is 40.0. The molecule has 0 aromatic heterocycles. The highest BCUT2D eigenvalue weighted by Gasteiger charge is 2.33. The second kappa shape index (κ2) is 4.53. The van der Waals surface area contributed by atoms with Crippen molar-refractivity contribution in [1.29, 1.82) is 0 Å². The second-order valence-corrected chi connectivity index (χ2v) is 2.99. The lowest BCUT2D eigenvalue weighted by Gasteiger charge is -2.06. The van der Waals surface area contributed by atoms with Crippen LogP contribution in [0.15, 0.2) is 6.07 Å². The predicted molar refractivity (Wildman–Crippen MR) is 54.4 cm³/mol. The summed E-state index contributed by atoms with van der Waals surface area (Å²) < 4.78 is 4.16. The quantitative estimate of drug-likeness (QED) is 0.456. The first kappa shape index (κ1) is 13.2. The van der Waals surface area contributed by atoms with Gasteiger partial charge in [0, 0.05) is 0 Å². The third kappa shape index (κ3) is 1.98. The van der Waals surface area contributed by atoms with Crippen LogP contribution >= 0.6 is 0 Å². The van der Waals surface area contributed by atoms with Gasteiger partial charge in [-0.05, 0) is 0 Å². The van der Waals surface area contributed by atoms with Gasteiger partial charge in [-0.15, -0.1) is 0 Å². The number of carbonyl (C=O) groups excluding carboxylic acids is 1. The van der Waals surface area contributed by atoms with Crippen LogP contribution in [-0.2, 0) is 4.74 Å². The fourth-order valence-electron chi connectivity index (χ4n) is 1.21. The van der Waals surface area contributed by atoms with Crippen LogP contribution in [0.1, 0.15) is 10.4 Å². The van der Waals surface area contributed by atoms with Gasteiger partial charge in [-0.2, -0.15) is 0 Å². The Bertz CT molecular complexity index is 514.